The molecular formula is C15H30N2O. The fourth-order valence-corrected chi connectivity index (χ4v) is 3.13. The molecule has 2 rings (SSSR count). The molecular weight excluding hydrogens is 224 g/mol. The Bertz CT molecular complexity index is 243. The van der Waals surface area contributed by atoms with Gasteiger partial charge in [-0.3, -0.25) is 4.90 Å². The molecule has 0 aromatic heterocycles. The van der Waals surface area contributed by atoms with Crippen molar-refractivity contribution in [2.45, 2.75) is 51.6 Å². The van der Waals surface area contributed by atoms with E-state index in [1.54, 1.807) is 7.11 Å². The van der Waals surface area contributed by atoms with Gasteiger partial charge < -0.3 is 10.1 Å². The van der Waals surface area contributed by atoms with E-state index in [-0.39, 0.29) is 0 Å². The molecule has 2 fully saturated rings. The van der Waals surface area contributed by atoms with Gasteiger partial charge in [-0.05, 0) is 31.1 Å². The quantitative estimate of drug-likeness (QED) is 0.704. The van der Waals surface area contributed by atoms with E-state index in [1.807, 2.05) is 0 Å². The first-order valence-electron chi connectivity index (χ1n) is 7.72. The van der Waals surface area contributed by atoms with Crippen LogP contribution in [-0.4, -0.2) is 50.3 Å². The van der Waals surface area contributed by atoms with Crippen LogP contribution in [0.2, 0.25) is 0 Å². The fraction of sp³-hybridized carbons (Fsp3) is 1.00. The Kier molecular flexibility index (Phi) is 5.46. The van der Waals surface area contributed by atoms with Gasteiger partial charge in [-0.25, -0.2) is 0 Å². The van der Waals surface area contributed by atoms with E-state index in [0.29, 0.717) is 6.04 Å². The number of rotatable bonds is 7. The zero-order chi connectivity index (χ0) is 13.0. The molecule has 0 spiro atoms. The van der Waals surface area contributed by atoms with E-state index in [0.717, 1.165) is 24.5 Å². The Balaban J connectivity index is 1.85. The van der Waals surface area contributed by atoms with E-state index >= 15 is 0 Å². The maximum Gasteiger partial charge on any atom is 0.0474 e. The van der Waals surface area contributed by atoms with Gasteiger partial charge >= 0.3 is 0 Å². The van der Waals surface area contributed by atoms with Crippen molar-refractivity contribution in [2.24, 2.45) is 11.8 Å². The van der Waals surface area contributed by atoms with Crippen LogP contribution in [0.1, 0.15) is 39.5 Å². The number of hydrogen-bond donors (Lipinski definition) is 1. The monoisotopic (exact) mass is 254 g/mol. The molecule has 3 atom stereocenters. The predicted molar refractivity (Wildman–Crippen MR) is 75.8 cm³/mol. The normalized spacial score (nSPS) is 31.5. The molecule has 1 N–H and O–H groups in total. The molecule has 1 aliphatic carbocycles. The van der Waals surface area contributed by atoms with Crippen LogP contribution in [0.25, 0.3) is 0 Å². The SMILES string of the molecule is CCC(C)C1CN(CCCOC)C(C2CC2)CN1. The Morgan fingerprint density at radius 2 is 2.17 bits per heavy atom. The van der Waals surface area contributed by atoms with Crippen molar-refractivity contribution < 1.29 is 4.74 Å². The van der Waals surface area contributed by atoms with Gasteiger partial charge in [-0.2, -0.15) is 0 Å². The highest BCUT2D eigenvalue weighted by Gasteiger charge is 2.39. The zero-order valence-corrected chi connectivity index (χ0v) is 12.3. The minimum absolute atomic E-state index is 0.688. The fourth-order valence-electron chi connectivity index (χ4n) is 3.13. The molecule has 1 saturated heterocycles. The lowest BCUT2D eigenvalue weighted by atomic mass is 9.94. The number of nitrogens with zero attached hydrogens (tertiary/aromatic N) is 1. The molecule has 3 heteroatoms. The third-order valence-corrected chi connectivity index (χ3v) is 4.78. The van der Waals surface area contributed by atoms with Crippen molar-refractivity contribution in [1.29, 1.82) is 0 Å². The molecule has 0 aromatic carbocycles. The molecule has 1 heterocycles. The Morgan fingerprint density at radius 1 is 1.39 bits per heavy atom. The van der Waals surface area contributed by atoms with Crippen molar-refractivity contribution in [1.82, 2.24) is 10.2 Å². The number of ether oxygens (including phenoxy) is 1. The minimum Gasteiger partial charge on any atom is -0.385 e. The van der Waals surface area contributed by atoms with Crippen molar-refractivity contribution in [3.8, 4) is 0 Å². The first-order chi connectivity index (χ1) is 8.76. The van der Waals surface area contributed by atoms with Gasteiger partial charge in [0.05, 0.1) is 0 Å². The third kappa shape index (κ3) is 3.69. The van der Waals surface area contributed by atoms with Crippen LogP contribution in [0.3, 0.4) is 0 Å². The summed E-state index contributed by atoms with van der Waals surface area (Å²) in [6, 6.07) is 1.48. The Hall–Kier alpha value is -0.120. The van der Waals surface area contributed by atoms with E-state index in [9.17, 15) is 0 Å². The molecule has 1 aliphatic heterocycles. The summed E-state index contributed by atoms with van der Waals surface area (Å²) < 4.78 is 5.20. The van der Waals surface area contributed by atoms with Crippen LogP contribution in [-0.2, 0) is 4.74 Å². The summed E-state index contributed by atoms with van der Waals surface area (Å²) in [4.78, 5) is 2.74. The number of piperazine rings is 1. The van der Waals surface area contributed by atoms with Crippen LogP contribution in [0, 0.1) is 11.8 Å². The second-order valence-corrected chi connectivity index (χ2v) is 6.15. The lowest BCUT2D eigenvalue weighted by Crippen LogP contribution is -2.59. The van der Waals surface area contributed by atoms with Crippen molar-refractivity contribution in [3.05, 3.63) is 0 Å². The van der Waals surface area contributed by atoms with E-state index in [2.05, 4.69) is 24.1 Å². The van der Waals surface area contributed by atoms with Gasteiger partial charge in [0.25, 0.3) is 0 Å². The highest BCUT2D eigenvalue weighted by Crippen LogP contribution is 2.36. The average molecular weight is 254 g/mol. The van der Waals surface area contributed by atoms with Crippen LogP contribution < -0.4 is 5.32 Å². The van der Waals surface area contributed by atoms with Crippen LogP contribution in [0.15, 0.2) is 0 Å². The summed E-state index contributed by atoms with van der Waals surface area (Å²) in [5, 5.41) is 3.79. The third-order valence-electron chi connectivity index (χ3n) is 4.78. The molecule has 0 radical (unpaired) electrons. The maximum atomic E-state index is 5.20. The molecule has 2 aliphatic rings. The summed E-state index contributed by atoms with van der Waals surface area (Å²) >= 11 is 0. The van der Waals surface area contributed by atoms with Gasteiger partial charge in [0.2, 0.25) is 0 Å². The smallest absolute Gasteiger partial charge is 0.0474 e. The van der Waals surface area contributed by atoms with Crippen LogP contribution >= 0.6 is 0 Å². The van der Waals surface area contributed by atoms with Crippen molar-refractivity contribution in [3.63, 3.8) is 0 Å². The minimum atomic E-state index is 0.688. The lowest BCUT2D eigenvalue weighted by molar-refractivity contribution is 0.0836. The van der Waals surface area contributed by atoms with Crippen molar-refractivity contribution in [2.75, 3.05) is 33.4 Å². The van der Waals surface area contributed by atoms with Gasteiger partial charge in [-0.15, -0.1) is 0 Å². The second-order valence-electron chi connectivity index (χ2n) is 6.15. The molecule has 0 amide bonds. The van der Waals surface area contributed by atoms with Gasteiger partial charge in [0.1, 0.15) is 0 Å². The van der Waals surface area contributed by atoms with E-state index in [4.69, 9.17) is 4.74 Å². The summed E-state index contributed by atoms with van der Waals surface area (Å²) in [5.41, 5.74) is 0. The van der Waals surface area contributed by atoms with E-state index < -0.39 is 0 Å². The second kappa shape index (κ2) is 6.88. The zero-order valence-electron chi connectivity index (χ0n) is 12.3. The Labute approximate surface area is 112 Å². The molecule has 0 bridgehead atoms. The topological polar surface area (TPSA) is 24.5 Å². The van der Waals surface area contributed by atoms with Gasteiger partial charge in [0.15, 0.2) is 0 Å². The molecule has 3 unspecified atom stereocenters. The number of nitrogens with one attached hydrogen (secondary N) is 1. The van der Waals surface area contributed by atoms with Gasteiger partial charge in [0, 0.05) is 45.4 Å². The largest absolute Gasteiger partial charge is 0.385 e. The summed E-state index contributed by atoms with van der Waals surface area (Å²) in [6.45, 7) is 9.22. The highest BCUT2D eigenvalue weighted by molar-refractivity contribution is 4.95. The van der Waals surface area contributed by atoms with Crippen LogP contribution in [0.4, 0.5) is 0 Å². The molecule has 18 heavy (non-hydrogen) atoms. The average Bonchev–Trinajstić information content (AvgIpc) is 3.22. The summed E-state index contributed by atoms with van der Waals surface area (Å²) in [7, 11) is 1.80. The van der Waals surface area contributed by atoms with Crippen LogP contribution in [0.5, 0.6) is 0 Å². The number of methoxy groups -OCH3 is 1. The predicted octanol–water partition coefficient (Wildman–Crippen LogP) is 2.12. The summed E-state index contributed by atoms with van der Waals surface area (Å²) in [6.07, 6.45) is 5.34. The Morgan fingerprint density at radius 3 is 2.78 bits per heavy atom. The highest BCUT2D eigenvalue weighted by atomic mass is 16.5. The first-order valence-corrected chi connectivity index (χ1v) is 7.72. The molecule has 3 nitrogen and oxygen atoms in total. The first kappa shape index (κ1) is 14.3. The standard InChI is InChI=1S/C15H30N2O/c1-4-12(2)14-11-17(8-5-9-18-3)15(10-16-14)13-6-7-13/h12-16H,4-11H2,1-3H3. The van der Waals surface area contributed by atoms with Gasteiger partial charge in [-0.1, -0.05) is 20.3 Å². The van der Waals surface area contributed by atoms with Crippen molar-refractivity contribution >= 4 is 0 Å². The number of hydrogen-bond acceptors (Lipinski definition) is 3. The maximum absolute atomic E-state index is 5.20. The molecule has 1 saturated carbocycles. The van der Waals surface area contributed by atoms with E-state index in [1.165, 1.54) is 45.3 Å². The summed E-state index contributed by atoms with van der Waals surface area (Å²) in [5.74, 6) is 1.76. The molecule has 106 valence electrons. The lowest BCUT2D eigenvalue weighted by Gasteiger charge is -2.42. The molecule has 0 aromatic rings.